The molecule has 1 unspecified atom stereocenters. The summed E-state index contributed by atoms with van der Waals surface area (Å²) in [6.07, 6.45) is -1.03. The Hall–Kier alpha value is -3.94. The Bertz CT molecular complexity index is 1220. The second-order valence-corrected chi connectivity index (χ2v) is 7.24. The molecule has 0 fully saturated rings. The van der Waals surface area contributed by atoms with E-state index < -0.39 is 17.6 Å². The molecule has 2 aromatic carbocycles. The van der Waals surface area contributed by atoms with Crippen molar-refractivity contribution in [1.29, 1.82) is 0 Å². The number of phenolic OH excluding ortho intramolecular Hbond substituents is 1. The lowest BCUT2D eigenvalue weighted by Crippen LogP contribution is -2.26. The van der Waals surface area contributed by atoms with Gasteiger partial charge in [-0.25, -0.2) is 4.79 Å². The summed E-state index contributed by atoms with van der Waals surface area (Å²) in [5.74, 6) is 2.29. The molecule has 1 atom stereocenters. The number of hydrogen-bond acceptors (Lipinski definition) is 9. The zero-order valence-corrected chi connectivity index (χ0v) is 20.0. The van der Waals surface area contributed by atoms with E-state index >= 15 is 0 Å². The van der Waals surface area contributed by atoms with Crippen molar-refractivity contribution < 1.29 is 43.1 Å². The van der Waals surface area contributed by atoms with Crippen LogP contribution >= 0.6 is 0 Å². The number of aromatic hydroxyl groups is 1. The van der Waals surface area contributed by atoms with E-state index in [9.17, 15) is 14.7 Å². The largest absolute Gasteiger partial charge is 0.506 e. The third-order valence-corrected chi connectivity index (χ3v) is 5.65. The van der Waals surface area contributed by atoms with Crippen molar-refractivity contribution in [2.45, 2.75) is 13.0 Å². The number of carbonyl (C=O) groups excluding carboxylic acids is 2. The summed E-state index contributed by atoms with van der Waals surface area (Å²) in [6.45, 7) is 1.29. The Morgan fingerprint density at radius 2 is 1.56 bits per heavy atom. The molecule has 2 aromatic rings. The summed E-state index contributed by atoms with van der Waals surface area (Å²) >= 11 is 0. The molecule has 3 rings (SSSR count). The van der Waals surface area contributed by atoms with Gasteiger partial charge in [-0.1, -0.05) is 6.07 Å². The van der Waals surface area contributed by atoms with Crippen LogP contribution in [0.5, 0.6) is 23.0 Å². The average Bonchev–Trinajstić information content (AvgIpc) is 2.85. The molecule has 0 heterocycles. The number of rotatable bonds is 8. The highest BCUT2D eigenvalue weighted by molar-refractivity contribution is 6.11. The average molecular weight is 470 g/mol. The van der Waals surface area contributed by atoms with Crippen LogP contribution < -0.4 is 14.2 Å². The van der Waals surface area contributed by atoms with Crippen molar-refractivity contribution in [3.8, 4) is 34.1 Å². The summed E-state index contributed by atoms with van der Waals surface area (Å²) < 4.78 is 33.2. The van der Waals surface area contributed by atoms with Crippen LogP contribution in [0.15, 0.2) is 24.0 Å². The van der Waals surface area contributed by atoms with Gasteiger partial charge in [0, 0.05) is 23.8 Å². The molecule has 9 heteroatoms. The number of Topliss-reactive ketones (excluding diaryl/α,β-unsaturated/α-hetero) is 1. The molecule has 180 valence electrons. The van der Waals surface area contributed by atoms with E-state index in [0.29, 0.717) is 22.6 Å². The summed E-state index contributed by atoms with van der Waals surface area (Å²) in [5, 5.41) is 11.2. The van der Waals surface area contributed by atoms with E-state index in [0.717, 1.165) is 0 Å². The second kappa shape index (κ2) is 9.91. The first-order valence-electron chi connectivity index (χ1n) is 10.2. The van der Waals surface area contributed by atoms with Crippen LogP contribution in [0.3, 0.4) is 0 Å². The van der Waals surface area contributed by atoms with Crippen molar-refractivity contribution in [1.82, 2.24) is 0 Å². The lowest BCUT2D eigenvalue weighted by molar-refractivity contribution is 0.101. The maximum Gasteiger partial charge on any atom is 0.172 e. The maximum absolute atomic E-state index is 12.7. The molecule has 0 radical (unpaired) electrons. The van der Waals surface area contributed by atoms with Crippen LogP contribution in [0.2, 0.25) is 0 Å². The minimum atomic E-state index is -1.03. The maximum atomic E-state index is 12.7. The standard InChI is InChI=1S/C25H26O9/c1-12(27)17-21(28)19-14(11-26)22(31-4)25(34-7)24(33-6)20(19)18(23(17)32-5)13-8-9-15(29-2)16(10-13)30-3/h8-10,22,28H,1-7H3. The van der Waals surface area contributed by atoms with Crippen LogP contribution in [0.1, 0.15) is 28.4 Å². The molecular formula is C25H26O9. The number of benzene rings is 2. The SMILES string of the molecule is COC1=C(OC)C(OC)C(=C=O)c2c(O)c(C(C)=O)c(OC)c(-c3ccc(OC)c(OC)c3)c21. The van der Waals surface area contributed by atoms with Gasteiger partial charge in [-0.2, -0.15) is 0 Å². The lowest BCUT2D eigenvalue weighted by atomic mass is 9.80. The van der Waals surface area contributed by atoms with E-state index in [1.54, 1.807) is 18.2 Å². The molecule has 1 aliphatic carbocycles. The van der Waals surface area contributed by atoms with Gasteiger partial charge in [0.15, 0.2) is 34.9 Å². The van der Waals surface area contributed by atoms with Crippen LogP contribution in [-0.2, 0) is 19.0 Å². The van der Waals surface area contributed by atoms with Crippen LogP contribution in [0.25, 0.3) is 22.5 Å². The third kappa shape index (κ3) is 3.65. The predicted molar refractivity (Wildman–Crippen MR) is 124 cm³/mol. The molecular weight excluding hydrogens is 444 g/mol. The molecule has 0 spiro atoms. The Labute approximate surface area is 197 Å². The fraction of sp³-hybridized carbons (Fsp3) is 0.320. The van der Waals surface area contributed by atoms with Gasteiger partial charge in [-0.05, 0) is 24.6 Å². The zero-order valence-electron chi connectivity index (χ0n) is 20.0. The summed E-state index contributed by atoms with van der Waals surface area (Å²) in [5.41, 5.74) is 1.06. The highest BCUT2D eigenvalue weighted by Gasteiger charge is 2.41. The van der Waals surface area contributed by atoms with E-state index in [1.165, 1.54) is 49.6 Å². The van der Waals surface area contributed by atoms with E-state index in [-0.39, 0.29) is 39.5 Å². The minimum Gasteiger partial charge on any atom is -0.506 e. The van der Waals surface area contributed by atoms with Crippen molar-refractivity contribution in [2.24, 2.45) is 0 Å². The van der Waals surface area contributed by atoms with Crippen molar-refractivity contribution >= 4 is 23.1 Å². The molecule has 0 aromatic heterocycles. The number of carbonyl (C=O) groups is 1. The number of phenols is 1. The molecule has 0 saturated carbocycles. The van der Waals surface area contributed by atoms with Gasteiger partial charge >= 0.3 is 0 Å². The quantitative estimate of drug-likeness (QED) is 0.458. The van der Waals surface area contributed by atoms with E-state index in [4.69, 9.17) is 28.4 Å². The normalized spacial score (nSPS) is 14.8. The summed E-state index contributed by atoms with van der Waals surface area (Å²) in [7, 11) is 8.58. The topological polar surface area (TPSA) is 110 Å². The van der Waals surface area contributed by atoms with Crippen molar-refractivity contribution in [3.05, 3.63) is 40.6 Å². The Morgan fingerprint density at radius 1 is 0.882 bits per heavy atom. The van der Waals surface area contributed by atoms with Gasteiger partial charge < -0.3 is 33.5 Å². The van der Waals surface area contributed by atoms with Crippen LogP contribution in [-0.4, -0.2) is 65.6 Å². The van der Waals surface area contributed by atoms with Gasteiger partial charge in [0.25, 0.3) is 0 Å². The molecule has 1 aliphatic rings. The van der Waals surface area contributed by atoms with Crippen LogP contribution in [0.4, 0.5) is 0 Å². The Kier molecular flexibility index (Phi) is 7.20. The fourth-order valence-corrected chi connectivity index (χ4v) is 4.24. The van der Waals surface area contributed by atoms with Crippen molar-refractivity contribution in [2.75, 3.05) is 42.7 Å². The molecule has 0 amide bonds. The van der Waals surface area contributed by atoms with Gasteiger partial charge in [0.2, 0.25) is 0 Å². The number of hydrogen-bond donors (Lipinski definition) is 1. The third-order valence-electron chi connectivity index (χ3n) is 5.65. The predicted octanol–water partition coefficient (Wildman–Crippen LogP) is 3.49. The Morgan fingerprint density at radius 3 is 2.03 bits per heavy atom. The highest BCUT2D eigenvalue weighted by Crippen LogP contribution is 2.53. The number of ketones is 1. The highest BCUT2D eigenvalue weighted by atomic mass is 16.5. The number of methoxy groups -OCH3 is 6. The molecule has 0 bridgehead atoms. The molecule has 34 heavy (non-hydrogen) atoms. The van der Waals surface area contributed by atoms with Gasteiger partial charge in [0.1, 0.15) is 23.0 Å². The van der Waals surface area contributed by atoms with E-state index in [2.05, 4.69) is 0 Å². The number of ether oxygens (including phenoxy) is 6. The van der Waals surface area contributed by atoms with Crippen LogP contribution in [0, 0.1) is 0 Å². The molecule has 9 nitrogen and oxygen atoms in total. The first-order valence-corrected chi connectivity index (χ1v) is 10.2. The van der Waals surface area contributed by atoms with E-state index in [1.807, 2.05) is 5.94 Å². The van der Waals surface area contributed by atoms with Gasteiger partial charge in [-0.3, -0.25) is 4.79 Å². The lowest BCUT2D eigenvalue weighted by Gasteiger charge is -2.32. The molecule has 0 saturated heterocycles. The number of fused-ring (bicyclic) bond motifs is 1. The zero-order chi connectivity index (χ0) is 25.2. The fourth-order valence-electron chi connectivity index (χ4n) is 4.24. The smallest absolute Gasteiger partial charge is 0.172 e. The molecule has 0 aliphatic heterocycles. The first kappa shape index (κ1) is 24.7. The molecule has 1 N–H and O–H groups in total. The summed E-state index contributed by atoms with van der Waals surface area (Å²) in [6, 6.07) is 5.10. The minimum absolute atomic E-state index is 0.0373. The Balaban J connectivity index is 2.65. The first-order chi connectivity index (χ1) is 16.3. The summed E-state index contributed by atoms with van der Waals surface area (Å²) in [4.78, 5) is 24.8. The van der Waals surface area contributed by atoms with Gasteiger partial charge in [-0.15, -0.1) is 0 Å². The van der Waals surface area contributed by atoms with Crippen molar-refractivity contribution in [3.63, 3.8) is 0 Å². The van der Waals surface area contributed by atoms with Gasteiger partial charge in [0.05, 0.1) is 41.1 Å². The monoisotopic (exact) mass is 470 g/mol. The second-order valence-electron chi connectivity index (χ2n) is 7.24.